The molecule has 0 saturated carbocycles. The molecule has 0 aromatic heterocycles. The Bertz CT molecular complexity index is 843. The molecule has 0 bridgehead atoms. The lowest BCUT2D eigenvalue weighted by Crippen LogP contribution is -2.27. The summed E-state index contributed by atoms with van der Waals surface area (Å²) in [6.07, 6.45) is 1.08. The first-order valence-corrected chi connectivity index (χ1v) is 9.51. The number of aryl methyl sites for hydroxylation is 2. The van der Waals surface area contributed by atoms with Gasteiger partial charge in [0.25, 0.3) is 5.91 Å². The zero-order chi connectivity index (χ0) is 17.9. The van der Waals surface area contributed by atoms with E-state index in [0.29, 0.717) is 11.3 Å². The number of amides is 1. The van der Waals surface area contributed by atoms with Crippen LogP contribution in [0.1, 0.15) is 40.0 Å². The van der Waals surface area contributed by atoms with Crippen LogP contribution in [0, 0.1) is 13.8 Å². The van der Waals surface area contributed by atoms with Gasteiger partial charge in [-0.05, 0) is 56.2 Å². The second-order valence-electron chi connectivity index (χ2n) is 6.01. The fourth-order valence-electron chi connectivity index (χ4n) is 2.57. The van der Waals surface area contributed by atoms with Crippen LogP contribution < -0.4 is 10.0 Å². The van der Waals surface area contributed by atoms with Crippen LogP contribution in [0.4, 0.5) is 5.69 Å². The Kier molecular flexibility index (Phi) is 5.29. The molecule has 0 saturated heterocycles. The highest BCUT2D eigenvalue weighted by Crippen LogP contribution is 2.19. The van der Waals surface area contributed by atoms with E-state index in [1.165, 1.54) is 5.56 Å². The Morgan fingerprint density at radius 2 is 1.67 bits per heavy atom. The van der Waals surface area contributed by atoms with Gasteiger partial charge in [-0.2, -0.15) is 0 Å². The van der Waals surface area contributed by atoms with Crippen molar-refractivity contribution in [2.75, 3.05) is 11.0 Å². The van der Waals surface area contributed by atoms with Gasteiger partial charge in [0.2, 0.25) is 10.0 Å². The molecule has 0 spiro atoms. The number of anilines is 1. The maximum atomic E-state index is 12.4. The van der Waals surface area contributed by atoms with E-state index in [4.69, 9.17) is 0 Å². The minimum absolute atomic E-state index is 0.119. The molecule has 24 heavy (non-hydrogen) atoms. The summed E-state index contributed by atoms with van der Waals surface area (Å²) in [5, 5.41) is 2.96. The molecular weight excluding hydrogens is 324 g/mol. The molecule has 1 atom stereocenters. The number of rotatable bonds is 5. The van der Waals surface area contributed by atoms with Crippen LogP contribution in [-0.4, -0.2) is 20.6 Å². The van der Waals surface area contributed by atoms with Gasteiger partial charge in [-0.15, -0.1) is 0 Å². The van der Waals surface area contributed by atoms with E-state index in [-0.39, 0.29) is 11.9 Å². The fourth-order valence-corrected chi connectivity index (χ4v) is 3.14. The smallest absolute Gasteiger partial charge is 0.251 e. The van der Waals surface area contributed by atoms with Crippen LogP contribution in [0.3, 0.4) is 0 Å². The van der Waals surface area contributed by atoms with Gasteiger partial charge in [0, 0.05) is 11.3 Å². The number of carbonyl (C=O) groups is 1. The lowest BCUT2D eigenvalue weighted by atomic mass is 10.00. The molecule has 0 aliphatic heterocycles. The summed E-state index contributed by atoms with van der Waals surface area (Å²) in [7, 11) is -3.32. The fraction of sp³-hybridized carbons (Fsp3) is 0.278. The number of hydrogen-bond acceptors (Lipinski definition) is 3. The van der Waals surface area contributed by atoms with E-state index in [1.54, 1.807) is 24.3 Å². The van der Waals surface area contributed by atoms with Crippen LogP contribution >= 0.6 is 0 Å². The van der Waals surface area contributed by atoms with Gasteiger partial charge in [-0.3, -0.25) is 9.52 Å². The van der Waals surface area contributed by atoms with Crippen molar-refractivity contribution in [3.63, 3.8) is 0 Å². The molecule has 0 fully saturated rings. The van der Waals surface area contributed by atoms with Crippen molar-refractivity contribution < 1.29 is 13.2 Å². The molecule has 0 aliphatic rings. The minimum atomic E-state index is -3.32. The van der Waals surface area contributed by atoms with Crippen molar-refractivity contribution in [1.29, 1.82) is 0 Å². The number of sulfonamides is 1. The lowest BCUT2D eigenvalue weighted by molar-refractivity contribution is 0.0940. The zero-order valence-electron chi connectivity index (χ0n) is 14.3. The minimum Gasteiger partial charge on any atom is -0.346 e. The van der Waals surface area contributed by atoms with Crippen molar-refractivity contribution in [3.8, 4) is 0 Å². The van der Waals surface area contributed by atoms with Gasteiger partial charge in [0.05, 0.1) is 12.3 Å². The van der Waals surface area contributed by atoms with Gasteiger partial charge < -0.3 is 5.32 Å². The van der Waals surface area contributed by atoms with Crippen molar-refractivity contribution >= 4 is 21.6 Å². The first kappa shape index (κ1) is 18.0. The third-order valence-corrected chi connectivity index (χ3v) is 4.30. The maximum Gasteiger partial charge on any atom is 0.251 e. The quantitative estimate of drug-likeness (QED) is 0.873. The van der Waals surface area contributed by atoms with Gasteiger partial charge in [0.1, 0.15) is 0 Å². The molecule has 0 unspecified atom stereocenters. The van der Waals surface area contributed by atoms with Gasteiger partial charge >= 0.3 is 0 Å². The van der Waals surface area contributed by atoms with Crippen molar-refractivity contribution in [2.24, 2.45) is 0 Å². The van der Waals surface area contributed by atoms with E-state index >= 15 is 0 Å². The third kappa shape index (κ3) is 4.83. The van der Waals surface area contributed by atoms with Crippen LogP contribution in [0.2, 0.25) is 0 Å². The Morgan fingerprint density at radius 3 is 2.21 bits per heavy atom. The van der Waals surface area contributed by atoms with E-state index in [1.807, 2.05) is 32.9 Å². The summed E-state index contributed by atoms with van der Waals surface area (Å²) >= 11 is 0. The monoisotopic (exact) mass is 346 g/mol. The third-order valence-electron chi connectivity index (χ3n) is 3.69. The van der Waals surface area contributed by atoms with Crippen molar-refractivity contribution in [2.45, 2.75) is 26.8 Å². The van der Waals surface area contributed by atoms with Crippen LogP contribution in [0.5, 0.6) is 0 Å². The predicted octanol–water partition coefficient (Wildman–Crippen LogP) is 3.17. The normalized spacial score (nSPS) is 12.5. The van der Waals surface area contributed by atoms with Crippen LogP contribution in [0.15, 0.2) is 42.5 Å². The molecular formula is C18H22N2O3S. The molecule has 2 aromatic rings. The lowest BCUT2D eigenvalue weighted by Gasteiger charge is -2.17. The largest absolute Gasteiger partial charge is 0.346 e. The van der Waals surface area contributed by atoms with Crippen LogP contribution in [0.25, 0.3) is 0 Å². The summed E-state index contributed by atoms with van der Waals surface area (Å²) < 4.78 is 24.7. The second kappa shape index (κ2) is 7.05. The molecule has 128 valence electrons. The van der Waals surface area contributed by atoms with Gasteiger partial charge in [-0.25, -0.2) is 8.42 Å². The summed E-state index contributed by atoms with van der Waals surface area (Å²) in [4.78, 5) is 12.4. The van der Waals surface area contributed by atoms with Crippen molar-refractivity contribution in [3.05, 3.63) is 64.7 Å². The number of nitrogens with one attached hydrogen (secondary N) is 2. The van der Waals surface area contributed by atoms with Crippen LogP contribution in [-0.2, 0) is 10.0 Å². The molecule has 5 nitrogen and oxygen atoms in total. The molecule has 0 heterocycles. The van der Waals surface area contributed by atoms with Gasteiger partial charge in [0.15, 0.2) is 0 Å². The maximum absolute atomic E-state index is 12.4. The molecule has 0 radical (unpaired) electrons. The van der Waals surface area contributed by atoms with E-state index in [0.717, 1.165) is 17.4 Å². The highest BCUT2D eigenvalue weighted by molar-refractivity contribution is 7.92. The highest BCUT2D eigenvalue weighted by atomic mass is 32.2. The van der Waals surface area contributed by atoms with Gasteiger partial charge in [-0.1, -0.05) is 23.8 Å². The molecule has 2 rings (SSSR count). The number of carbonyl (C=O) groups excluding carboxylic acids is 1. The number of benzene rings is 2. The van der Waals surface area contributed by atoms with E-state index in [9.17, 15) is 13.2 Å². The molecule has 0 aliphatic carbocycles. The van der Waals surface area contributed by atoms with Crippen molar-refractivity contribution in [1.82, 2.24) is 5.32 Å². The summed E-state index contributed by atoms with van der Waals surface area (Å²) in [5.41, 5.74) is 4.30. The number of hydrogen-bond donors (Lipinski definition) is 2. The zero-order valence-corrected chi connectivity index (χ0v) is 15.1. The molecule has 6 heteroatoms. The average molecular weight is 346 g/mol. The Hall–Kier alpha value is -2.34. The standard InChI is InChI=1S/C18H22N2O3S/c1-12-5-10-17(13(2)11-12)14(3)19-18(21)15-6-8-16(9-7-15)20-24(4,22)23/h5-11,14,20H,1-4H3,(H,19,21)/t14-/m1/s1. The Labute approximate surface area is 143 Å². The Balaban J connectivity index is 2.09. The summed E-state index contributed by atoms with van der Waals surface area (Å²) in [5.74, 6) is -0.201. The molecule has 1 amide bonds. The van der Waals surface area contributed by atoms with E-state index in [2.05, 4.69) is 16.1 Å². The summed E-state index contributed by atoms with van der Waals surface area (Å²) in [6, 6.07) is 12.3. The average Bonchev–Trinajstić information content (AvgIpc) is 2.45. The first-order chi connectivity index (χ1) is 11.2. The topological polar surface area (TPSA) is 75.3 Å². The summed E-state index contributed by atoms with van der Waals surface area (Å²) in [6.45, 7) is 6.00. The SMILES string of the molecule is Cc1ccc([C@@H](C)NC(=O)c2ccc(NS(C)(=O)=O)cc2)c(C)c1. The Morgan fingerprint density at radius 1 is 1.04 bits per heavy atom. The highest BCUT2D eigenvalue weighted by Gasteiger charge is 2.13. The second-order valence-corrected chi connectivity index (χ2v) is 7.76. The van der Waals surface area contributed by atoms with E-state index < -0.39 is 10.0 Å². The predicted molar refractivity (Wildman–Crippen MR) is 96.7 cm³/mol. The first-order valence-electron chi connectivity index (χ1n) is 7.61. The molecule has 2 aromatic carbocycles. The molecule has 2 N–H and O–H groups in total.